The molecule has 0 saturated carbocycles. The summed E-state index contributed by atoms with van der Waals surface area (Å²) in [7, 11) is 1.30. The minimum absolute atomic E-state index is 0.205. The Kier molecular flexibility index (Phi) is 5.55. The second kappa shape index (κ2) is 7.77. The number of esters is 1. The lowest BCUT2D eigenvalue weighted by molar-refractivity contribution is -0.134. The fraction of sp³-hybridized carbons (Fsp3) is 0.476. The number of benzene rings is 1. The number of nitrogens with zero attached hydrogens (tertiary/aromatic N) is 1. The van der Waals surface area contributed by atoms with Crippen molar-refractivity contribution in [2.45, 2.75) is 44.9 Å². The number of amides is 2. The molecule has 1 atom stereocenters. The van der Waals surface area contributed by atoms with Gasteiger partial charge in [-0.05, 0) is 51.0 Å². The molecule has 0 radical (unpaired) electrons. The summed E-state index contributed by atoms with van der Waals surface area (Å²) in [5, 5.41) is 2.91. The fourth-order valence-electron chi connectivity index (χ4n) is 3.35. The quantitative estimate of drug-likeness (QED) is 0.604. The Hall–Kier alpha value is -3.03. The molecule has 8 heteroatoms. The summed E-state index contributed by atoms with van der Waals surface area (Å²) >= 11 is 0. The van der Waals surface area contributed by atoms with Crippen LogP contribution in [-0.2, 0) is 14.3 Å². The van der Waals surface area contributed by atoms with Gasteiger partial charge in [0.2, 0.25) is 5.72 Å². The Balaban J connectivity index is 1.78. The zero-order chi connectivity index (χ0) is 21.2. The van der Waals surface area contributed by atoms with Gasteiger partial charge in [-0.25, -0.2) is 9.59 Å². The van der Waals surface area contributed by atoms with Crippen LogP contribution >= 0.6 is 0 Å². The molecule has 1 fully saturated rings. The number of carbonyl (C=O) groups is 3. The highest BCUT2D eigenvalue weighted by Crippen LogP contribution is 2.34. The van der Waals surface area contributed by atoms with Gasteiger partial charge < -0.3 is 24.4 Å². The van der Waals surface area contributed by atoms with Crippen LogP contribution in [0.3, 0.4) is 0 Å². The molecular formula is C21H26N2O6. The minimum Gasteiger partial charge on any atom is -0.466 e. The van der Waals surface area contributed by atoms with E-state index in [0.29, 0.717) is 36.3 Å². The first-order chi connectivity index (χ1) is 13.6. The van der Waals surface area contributed by atoms with Crippen molar-refractivity contribution in [3.05, 3.63) is 35.4 Å². The van der Waals surface area contributed by atoms with Crippen molar-refractivity contribution in [1.29, 1.82) is 0 Å². The van der Waals surface area contributed by atoms with Gasteiger partial charge in [-0.2, -0.15) is 0 Å². The van der Waals surface area contributed by atoms with Gasteiger partial charge in [0, 0.05) is 19.0 Å². The normalized spacial score (nSPS) is 21.4. The van der Waals surface area contributed by atoms with E-state index in [1.54, 1.807) is 29.2 Å². The van der Waals surface area contributed by atoms with E-state index in [1.165, 1.54) is 13.2 Å². The molecule has 2 heterocycles. The van der Waals surface area contributed by atoms with Gasteiger partial charge in [0.15, 0.2) is 0 Å². The molecule has 8 nitrogen and oxygen atoms in total. The van der Waals surface area contributed by atoms with Gasteiger partial charge in [-0.1, -0.05) is 6.07 Å². The van der Waals surface area contributed by atoms with Crippen LogP contribution in [0, 0.1) is 0 Å². The summed E-state index contributed by atoms with van der Waals surface area (Å²) in [6.45, 7) is 6.18. The smallest absolute Gasteiger partial charge is 0.410 e. The first kappa shape index (κ1) is 20.7. The number of ether oxygens (including phenoxy) is 3. The molecule has 2 aliphatic rings. The molecule has 3 rings (SSSR count). The molecule has 0 bridgehead atoms. The molecule has 1 aromatic carbocycles. The van der Waals surface area contributed by atoms with Gasteiger partial charge in [-0.3, -0.25) is 4.79 Å². The molecule has 1 aromatic rings. The van der Waals surface area contributed by atoms with Gasteiger partial charge in [0.05, 0.1) is 19.2 Å². The second-order valence-electron chi connectivity index (χ2n) is 8.17. The van der Waals surface area contributed by atoms with Crippen LogP contribution in [0.25, 0.3) is 6.08 Å². The third-order valence-corrected chi connectivity index (χ3v) is 4.61. The lowest BCUT2D eigenvalue weighted by atomic mass is 9.97. The molecule has 1 unspecified atom stereocenters. The van der Waals surface area contributed by atoms with Crippen molar-refractivity contribution in [2.75, 3.05) is 20.2 Å². The van der Waals surface area contributed by atoms with Crippen molar-refractivity contribution >= 4 is 24.0 Å². The first-order valence-electron chi connectivity index (χ1n) is 9.50. The lowest BCUT2D eigenvalue weighted by Gasteiger charge is -2.45. The Morgan fingerprint density at radius 2 is 2.07 bits per heavy atom. The van der Waals surface area contributed by atoms with Crippen LogP contribution in [0.5, 0.6) is 5.75 Å². The molecule has 29 heavy (non-hydrogen) atoms. The molecular weight excluding hydrogens is 376 g/mol. The average molecular weight is 402 g/mol. The van der Waals surface area contributed by atoms with E-state index in [0.717, 1.165) is 0 Å². The number of methoxy groups -OCH3 is 1. The van der Waals surface area contributed by atoms with Gasteiger partial charge in [-0.15, -0.1) is 0 Å². The van der Waals surface area contributed by atoms with Crippen LogP contribution in [0.2, 0.25) is 0 Å². The Labute approximate surface area is 169 Å². The van der Waals surface area contributed by atoms with E-state index >= 15 is 0 Å². The zero-order valence-corrected chi connectivity index (χ0v) is 17.1. The maximum atomic E-state index is 12.8. The Morgan fingerprint density at radius 3 is 2.76 bits per heavy atom. The predicted octanol–water partition coefficient (Wildman–Crippen LogP) is 2.72. The zero-order valence-electron chi connectivity index (χ0n) is 17.1. The first-order valence-corrected chi connectivity index (χ1v) is 9.50. The SMILES string of the molecule is COC(=O)/C=C/c1ccc2c(c1)C(=O)NC1(CCCN(C(=O)OC(C)(C)C)C1)O2. The predicted molar refractivity (Wildman–Crippen MR) is 105 cm³/mol. The molecule has 2 aliphatic heterocycles. The summed E-state index contributed by atoms with van der Waals surface area (Å²) in [5.74, 6) is -0.326. The number of carbonyl (C=O) groups excluding carboxylic acids is 3. The largest absolute Gasteiger partial charge is 0.466 e. The van der Waals surface area contributed by atoms with Gasteiger partial charge in [0.25, 0.3) is 5.91 Å². The molecule has 1 N–H and O–H groups in total. The van der Waals surface area contributed by atoms with E-state index in [9.17, 15) is 14.4 Å². The van der Waals surface area contributed by atoms with Crippen LogP contribution in [-0.4, -0.2) is 54.4 Å². The molecule has 0 aliphatic carbocycles. The molecule has 156 valence electrons. The molecule has 2 amide bonds. The van der Waals surface area contributed by atoms with Crippen molar-refractivity contribution in [2.24, 2.45) is 0 Å². The van der Waals surface area contributed by atoms with Gasteiger partial charge in [0.1, 0.15) is 11.4 Å². The topological polar surface area (TPSA) is 94.2 Å². The molecule has 0 aromatic heterocycles. The van der Waals surface area contributed by atoms with E-state index < -0.39 is 23.4 Å². The number of hydrogen-bond donors (Lipinski definition) is 1. The van der Waals surface area contributed by atoms with Crippen LogP contribution in [0.1, 0.15) is 49.5 Å². The summed E-state index contributed by atoms with van der Waals surface area (Å²) in [5.41, 5.74) is -0.540. The monoisotopic (exact) mass is 402 g/mol. The third kappa shape index (κ3) is 4.88. The van der Waals surface area contributed by atoms with E-state index in [2.05, 4.69) is 10.1 Å². The number of nitrogens with one attached hydrogen (secondary N) is 1. The Bertz CT molecular complexity index is 857. The van der Waals surface area contributed by atoms with Crippen molar-refractivity contribution in [3.63, 3.8) is 0 Å². The summed E-state index contributed by atoms with van der Waals surface area (Å²) in [4.78, 5) is 38.0. The van der Waals surface area contributed by atoms with E-state index in [-0.39, 0.29) is 12.5 Å². The minimum atomic E-state index is -0.984. The number of likely N-dealkylation sites (tertiary alicyclic amines) is 1. The average Bonchev–Trinajstić information content (AvgIpc) is 2.65. The van der Waals surface area contributed by atoms with Crippen molar-refractivity contribution in [1.82, 2.24) is 10.2 Å². The van der Waals surface area contributed by atoms with Crippen LogP contribution < -0.4 is 10.1 Å². The standard InChI is InChI=1S/C21H26N2O6/c1-20(2,3)29-19(26)23-11-5-10-21(13-23)22-18(25)15-12-14(6-8-16(15)28-21)7-9-17(24)27-4/h6-9,12H,5,10-11,13H2,1-4H3,(H,22,25)/b9-7+. The molecule has 1 spiro atoms. The van der Waals surface area contributed by atoms with Crippen LogP contribution in [0.15, 0.2) is 24.3 Å². The van der Waals surface area contributed by atoms with E-state index in [4.69, 9.17) is 9.47 Å². The van der Waals surface area contributed by atoms with Crippen molar-refractivity contribution < 1.29 is 28.6 Å². The highest BCUT2D eigenvalue weighted by molar-refractivity contribution is 5.99. The summed E-state index contributed by atoms with van der Waals surface area (Å²) in [6, 6.07) is 5.09. The molecule has 1 saturated heterocycles. The number of piperidine rings is 1. The summed E-state index contributed by atoms with van der Waals surface area (Å²) < 4.78 is 16.2. The maximum Gasteiger partial charge on any atom is 0.410 e. The number of fused-ring (bicyclic) bond motifs is 1. The number of rotatable bonds is 2. The van der Waals surface area contributed by atoms with E-state index in [1.807, 2.05) is 20.8 Å². The highest BCUT2D eigenvalue weighted by Gasteiger charge is 2.45. The lowest BCUT2D eigenvalue weighted by Crippen LogP contribution is -2.65. The highest BCUT2D eigenvalue weighted by atomic mass is 16.6. The number of hydrogen-bond acceptors (Lipinski definition) is 6. The van der Waals surface area contributed by atoms with Gasteiger partial charge >= 0.3 is 12.1 Å². The maximum absolute atomic E-state index is 12.8. The fourth-order valence-corrected chi connectivity index (χ4v) is 3.35. The van der Waals surface area contributed by atoms with Crippen LogP contribution in [0.4, 0.5) is 4.79 Å². The second-order valence-corrected chi connectivity index (χ2v) is 8.17. The third-order valence-electron chi connectivity index (χ3n) is 4.61. The van der Waals surface area contributed by atoms with Crippen molar-refractivity contribution in [3.8, 4) is 5.75 Å². The Morgan fingerprint density at radius 1 is 1.31 bits per heavy atom. The summed E-state index contributed by atoms with van der Waals surface area (Å²) in [6.07, 6.45) is 3.68.